The van der Waals surface area contributed by atoms with E-state index in [1.54, 1.807) is 7.05 Å². The van der Waals surface area contributed by atoms with Gasteiger partial charge in [0.2, 0.25) is 0 Å². The summed E-state index contributed by atoms with van der Waals surface area (Å²) >= 11 is 0. The second kappa shape index (κ2) is 5.73. The second-order valence-corrected chi connectivity index (χ2v) is 4.52. The van der Waals surface area contributed by atoms with Gasteiger partial charge in [0.25, 0.3) is 5.91 Å². The molecule has 1 N–H and O–H groups in total. The van der Waals surface area contributed by atoms with Gasteiger partial charge in [-0.05, 0) is 23.8 Å². The summed E-state index contributed by atoms with van der Waals surface area (Å²) in [6.07, 6.45) is 2.07. The summed E-state index contributed by atoms with van der Waals surface area (Å²) in [7, 11) is 1.67. The number of hydrogen-bond donors (Lipinski definition) is 1. The number of ether oxygens (including phenoxy) is 1. The van der Waals surface area contributed by atoms with Crippen molar-refractivity contribution in [2.24, 2.45) is 0 Å². The minimum Gasteiger partial charge on any atom is -0.478 e. The number of rotatable bonds is 4. The van der Waals surface area contributed by atoms with E-state index in [1.165, 1.54) is 23.1 Å². The molecule has 0 aromatic heterocycles. The third-order valence-electron chi connectivity index (χ3n) is 3.02. The number of hydrogen-bond acceptors (Lipinski definition) is 3. The molecule has 1 fully saturated rings. The first kappa shape index (κ1) is 14.0. The average molecular weight is 279 g/mol. The number of carbonyl (C=O) groups excluding carboxylic acids is 1. The van der Waals surface area contributed by atoms with E-state index < -0.39 is 17.9 Å². The number of likely N-dealkylation sites (N-methyl/N-ethyl adjacent to an activating group) is 1. The fraction of sp³-hybridized carbons (Fsp3) is 0.286. The predicted octanol–water partition coefficient (Wildman–Crippen LogP) is 1.53. The minimum atomic E-state index is -1.11. The molecule has 1 saturated heterocycles. The van der Waals surface area contributed by atoms with Gasteiger partial charge in [-0.2, -0.15) is 0 Å². The molecule has 0 aliphatic carbocycles. The van der Waals surface area contributed by atoms with E-state index in [-0.39, 0.29) is 11.7 Å². The maximum absolute atomic E-state index is 13.8. The summed E-state index contributed by atoms with van der Waals surface area (Å²) in [4.78, 5) is 23.6. The number of aliphatic carboxylic acids is 1. The monoisotopic (exact) mass is 279 g/mol. The molecule has 1 aromatic rings. The molecule has 0 bridgehead atoms. The Bertz CT molecular complexity index is 570. The molecule has 1 heterocycles. The molecular weight excluding hydrogens is 265 g/mol. The Morgan fingerprint density at radius 3 is 2.85 bits per heavy atom. The van der Waals surface area contributed by atoms with Crippen LogP contribution in [0.3, 0.4) is 0 Å². The number of likely N-dealkylation sites (tertiary alicyclic amines) is 1. The van der Waals surface area contributed by atoms with E-state index >= 15 is 0 Å². The van der Waals surface area contributed by atoms with Crippen LogP contribution in [-0.2, 0) is 9.59 Å². The van der Waals surface area contributed by atoms with Crippen molar-refractivity contribution in [2.75, 3.05) is 13.6 Å². The Kier molecular flexibility index (Phi) is 4.02. The molecule has 1 aliphatic heterocycles. The van der Waals surface area contributed by atoms with Gasteiger partial charge in [0.1, 0.15) is 0 Å². The molecule has 106 valence electrons. The van der Waals surface area contributed by atoms with Crippen LogP contribution in [0.4, 0.5) is 4.39 Å². The van der Waals surface area contributed by atoms with E-state index in [0.29, 0.717) is 18.5 Å². The van der Waals surface area contributed by atoms with Gasteiger partial charge in [0, 0.05) is 26.1 Å². The van der Waals surface area contributed by atoms with Gasteiger partial charge >= 0.3 is 5.97 Å². The van der Waals surface area contributed by atoms with Gasteiger partial charge in [0.15, 0.2) is 17.7 Å². The van der Waals surface area contributed by atoms with Crippen molar-refractivity contribution in [1.82, 2.24) is 4.90 Å². The number of nitrogens with zero attached hydrogens (tertiary/aromatic N) is 1. The van der Waals surface area contributed by atoms with Crippen molar-refractivity contribution in [3.8, 4) is 5.75 Å². The highest BCUT2D eigenvalue weighted by atomic mass is 19.1. The highest BCUT2D eigenvalue weighted by Gasteiger charge is 2.31. The van der Waals surface area contributed by atoms with Gasteiger partial charge < -0.3 is 14.7 Å². The lowest BCUT2D eigenvalue weighted by Gasteiger charge is -2.13. The molecule has 1 aromatic carbocycles. The number of carboxylic acids is 1. The fourth-order valence-electron chi connectivity index (χ4n) is 1.94. The van der Waals surface area contributed by atoms with Crippen molar-refractivity contribution < 1.29 is 23.8 Å². The van der Waals surface area contributed by atoms with Crippen LogP contribution in [0, 0.1) is 5.82 Å². The molecule has 1 amide bonds. The van der Waals surface area contributed by atoms with Crippen LogP contribution in [0.2, 0.25) is 0 Å². The molecule has 0 spiro atoms. The lowest BCUT2D eigenvalue weighted by molar-refractivity contribution is -0.132. The predicted molar refractivity (Wildman–Crippen MR) is 69.7 cm³/mol. The van der Waals surface area contributed by atoms with Crippen LogP contribution in [0.5, 0.6) is 5.75 Å². The molecule has 0 radical (unpaired) electrons. The standard InChI is InChI=1S/C14H14FNO4/c1-16-7-6-12(14(16)19)20-11-4-2-9(8-10(11)15)3-5-13(17)18/h2-5,8,12H,6-7H2,1H3,(H,17,18)/b5-3+. The van der Waals surface area contributed by atoms with Gasteiger partial charge in [-0.25, -0.2) is 9.18 Å². The summed E-state index contributed by atoms with van der Waals surface area (Å²) in [5.74, 6) is -1.91. The van der Waals surface area contributed by atoms with Crippen LogP contribution >= 0.6 is 0 Å². The minimum absolute atomic E-state index is 0.00822. The van der Waals surface area contributed by atoms with E-state index in [2.05, 4.69) is 0 Å². The topological polar surface area (TPSA) is 66.8 Å². The van der Waals surface area contributed by atoms with Crippen molar-refractivity contribution in [3.63, 3.8) is 0 Å². The summed E-state index contributed by atoms with van der Waals surface area (Å²) in [6, 6.07) is 4.08. The highest BCUT2D eigenvalue weighted by molar-refractivity contribution is 5.85. The van der Waals surface area contributed by atoms with Gasteiger partial charge in [-0.1, -0.05) is 6.07 Å². The summed E-state index contributed by atoms with van der Waals surface area (Å²) < 4.78 is 19.2. The number of carboxylic acid groups (broad SMARTS) is 1. The van der Waals surface area contributed by atoms with Crippen molar-refractivity contribution >= 4 is 18.0 Å². The average Bonchev–Trinajstić information content (AvgIpc) is 2.71. The lowest BCUT2D eigenvalue weighted by Crippen LogP contribution is -2.29. The molecular formula is C14H14FNO4. The largest absolute Gasteiger partial charge is 0.478 e. The highest BCUT2D eigenvalue weighted by Crippen LogP contribution is 2.23. The van der Waals surface area contributed by atoms with E-state index in [0.717, 1.165) is 12.1 Å². The molecule has 1 atom stereocenters. The zero-order chi connectivity index (χ0) is 14.7. The zero-order valence-electron chi connectivity index (χ0n) is 10.9. The van der Waals surface area contributed by atoms with Crippen molar-refractivity contribution in [1.29, 1.82) is 0 Å². The van der Waals surface area contributed by atoms with Crippen molar-refractivity contribution in [2.45, 2.75) is 12.5 Å². The van der Waals surface area contributed by atoms with Crippen LogP contribution < -0.4 is 4.74 Å². The molecule has 0 saturated carbocycles. The maximum Gasteiger partial charge on any atom is 0.328 e. The van der Waals surface area contributed by atoms with E-state index in [9.17, 15) is 14.0 Å². The Morgan fingerprint density at radius 2 is 2.30 bits per heavy atom. The zero-order valence-corrected chi connectivity index (χ0v) is 10.9. The Labute approximate surface area is 115 Å². The maximum atomic E-state index is 13.8. The first-order valence-corrected chi connectivity index (χ1v) is 6.09. The summed E-state index contributed by atoms with van der Waals surface area (Å²) in [5, 5.41) is 8.50. The molecule has 6 heteroatoms. The Hall–Kier alpha value is -2.37. The van der Waals surface area contributed by atoms with Crippen LogP contribution in [-0.4, -0.2) is 41.6 Å². The lowest BCUT2D eigenvalue weighted by atomic mass is 10.2. The number of carbonyl (C=O) groups is 2. The Balaban J connectivity index is 2.10. The third kappa shape index (κ3) is 3.14. The van der Waals surface area contributed by atoms with Gasteiger partial charge in [-0.3, -0.25) is 4.79 Å². The Morgan fingerprint density at radius 1 is 1.55 bits per heavy atom. The van der Waals surface area contributed by atoms with Gasteiger partial charge in [-0.15, -0.1) is 0 Å². The third-order valence-corrected chi connectivity index (χ3v) is 3.02. The summed E-state index contributed by atoms with van der Waals surface area (Å²) in [5.41, 5.74) is 0.409. The quantitative estimate of drug-likeness (QED) is 0.849. The smallest absolute Gasteiger partial charge is 0.328 e. The normalized spacial score (nSPS) is 18.8. The molecule has 1 aliphatic rings. The fourth-order valence-corrected chi connectivity index (χ4v) is 1.94. The number of benzene rings is 1. The molecule has 2 rings (SSSR count). The van der Waals surface area contributed by atoms with Crippen LogP contribution in [0.1, 0.15) is 12.0 Å². The molecule has 1 unspecified atom stereocenters. The van der Waals surface area contributed by atoms with Crippen LogP contribution in [0.15, 0.2) is 24.3 Å². The first-order chi connectivity index (χ1) is 9.47. The van der Waals surface area contributed by atoms with Gasteiger partial charge in [0.05, 0.1) is 0 Å². The number of amides is 1. The summed E-state index contributed by atoms with van der Waals surface area (Å²) in [6.45, 7) is 0.588. The molecule has 5 nitrogen and oxygen atoms in total. The van der Waals surface area contributed by atoms with Crippen LogP contribution in [0.25, 0.3) is 6.08 Å². The van der Waals surface area contributed by atoms with E-state index in [4.69, 9.17) is 9.84 Å². The number of halogens is 1. The SMILES string of the molecule is CN1CCC(Oc2ccc(/C=C/C(=O)O)cc2F)C1=O. The van der Waals surface area contributed by atoms with Crippen molar-refractivity contribution in [3.05, 3.63) is 35.7 Å². The second-order valence-electron chi connectivity index (χ2n) is 4.52. The first-order valence-electron chi connectivity index (χ1n) is 6.09. The van der Waals surface area contributed by atoms with E-state index in [1.807, 2.05) is 0 Å². The molecule has 20 heavy (non-hydrogen) atoms.